The van der Waals surface area contributed by atoms with Crippen molar-refractivity contribution in [3.63, 3.8) is 0 Å². The number of aliphatic carboxylic acids is 2. The highest BCUT2D eigenvalue weighted by atomic mass is 16.7. The zero-order valence-electron chi connectivity index (χ0n) is 31.1. The summed E-state index contributed by atoms with van der Waals surface area (Å²) in [4.78, 5) is 48.4. The number of hydrogen-bond acceptors (Lipinski definition) is 7. The van der Waals surface area contributed by atoms with E-state index in [-0.39, 0.29) is 18.4 Å². The van der Waals surface area contributed by atoms with Crippen LogP contribution in [0.2, 0.25) is 0 Å². The Morgan fingerprint density at radius 3 is 2.09 bits per heavy atom. The lowest BCUT2D eigenvalue weighted by Crippen LogP contribution is -2.30. The molecule has 0 fully saturated rings. The number of H-pyrrole nitrogens is 1. The van der Waals surface area contributed by atoms with Crippen molar-refractivity contribution >= 4 is 29.6 Å². The van der Waals surface area contributed by atoms with Crippen molar-refractivity contribution in [2.45, 2.75) is 96.6 Å². The smallest absolute Gasteiger partial charge is 0.348 e. The average molecular weight is 735 g/mol. The fourth-order valence-electron chi connectivity index (χ4n) is 6.34. The number of rotatable bonds is 21. The molecule has 0 bridgehead atoms. The molecule has 2 heterocycles. The molecule has 5 rings (SSSR count). The molecule has 1 aromatic heterocycles. The minimum absolute atomic E-state index is 0.112. The van der Waals surface area contributed by atoms with Gasteiger partial charge < -0.3 is 30.1 Å². The van der Waals surface area contributed by atoms with Crippen molar-refractivity contribution < 1.29 is 34.2 Å². The van der Waals surface area contributed by atoms with Crippen LogP contribution < -0.4 is 10.1 Å². The fourth-order valence-corrected chi connectivity index (χ4v) is 6.34. The van der Waals surface area contributed by atoms with Gasteiger partial charge in [-0.1, -0.05) is 118 Å². The van der Waals surface area contributed by atoms with Gasteiger partial charge in [-0.25, -0.2) is 14.6 Å². The Morgan fingerprint density at radius 1 is 0.852 bits per heavy atom. The molecular formula is C43H50N4O7. The van der Waals surface area contributed by atoms with Crippen molar-refractivity contribution in [3.8, 4) is 39.7 Å². The van der Waals surface area contributed by atoms with Gasteiger partial charge in [0.25, 0.3) is 0 Å². The van der Waals surface area contributed by atoms with Crippen LogP contribution in [0, 0.1) is 0 Å². The summed E-state index contributed by atoms with van der Waals surface area (Å²) in [5, 5.41) is 25.3. The predicted octanol–water partition coefficient (Wildman–Crippen LogP) is 8.89. The highest BCUT2D eigenvalue weighted by molar-refractivity contribution is 6.03. The number of unbranched alkanes of at least 4 members (excludes halogenated alkanes) is 8. The van der Waals surface area contributed by atoms with Gasteiger partial charge in [0.1, 0.15) is 11.6 Å². The molecule has 284 valence electrons. The van der Waals surface area contributed by atoms with Crippen LogP contribution >= 0.6 is 0 Å². The van der Waals surface area contributed by atoms with Crippen LogP contribution in [0.1, 0.15) is 95.6 Å². The van der Waals surface area contributed by atoms with E-state index in [1.54, 1.807) is 24.3 Å². The fraction of sp³-hybridized carbons (Fsp3) is 0.372. The lowest BCUT2D eigenvalue weighted by molar-refractivity contribution is -0.148. The number of benzene rings is 3. The van der Waals surface area contributed by atoms with E-state index < -0.39 is 24.6 Å². The van der Waals surface area contributed by atoms with Crippen LogP contribution in [0.3, 0.4) is 0 Å². The SMILES string of the molecule is CCCCCCCCCCCC(C)NC(=O)C=Cc1ccc(-c2[nH]c(-c3ccc(C4=NOC(C(=O)O)C4)cc3)nc2-c2ccc(OCC(=O)O)cc2)cc1. The molecule has 11 heteroatoms. The van der Waals surface area contributed by atoms with E-state index in [1.165, 1.54) is 51.4 Å². The van der Waals surface area contributed by atoms with Gasteiger partial charge in [0.2, 0.25) is 12.0 Å². The van der Waals surface area contributed by atoms with E-state index in [4.69, 9.17) is 19.7 Å². The largest absolute Gasteiger partial charge is 0.482 e. The van der Waals surface area contributed by atoms with E-state index in [0.29, 0.717) is 23.0 Å². The number of hydrogen-bond donors (Lipinski definition) is 4. The molecule has 4 N–H and O–H groups in total. The van der Waals surface area contributed by atoms with Crippen molar-refractivity contribution in [1.29, 1.82) is 0 Å². The van der Waals surface area contributed by atoms with Gasteiger partial charge in [-0.05, 0) is 54.8 Å². The molecule has 1 amide bonds. The van der Waals surface area contributed by atoms with E-state index in [1.807, 2.05) is 60.7 Å². The second-order valence-electron chi connectivity index (χ2n) is 13.7. The summed E-state index contributed by atoms with van der Waals surface area (Å²) in [5.74, 6) is -1.18. The maximum atomic E-state index is 12.7. The molecule has 0 aliphatic carbocycles. The van der Waals surface area contributed by atoms with Crippen molar-refractivity contribution in [2.75, 3.05) is 6.61 Å². The topological polar surface area (TPSA) is 163 Å². The number of oxime groups is 1. The monoisotopic (exact) mass is 734 g/mol. The molecule has 1 aliphatic rings. The number of nitrogens with one attached hydrogen (secondary N) is 2. The lowest BCUT2D eigenvalue weighted by atomic mass is 10.0. The molecule has 0 saturated heterocycles. The van der Waals surface area contributed by atoms with Gasteiger partial charge in [0, 0.05) is 35.2 Å². The molecule has 1 aliphatic heterocycles. The maximum absolute atomic E-state index is 12.7. The maximum Gasteiger partial charge on any atom is 0.348 e. The van der Waals surface area contributed by atoms with E-state index >= 15 is 0 Å². The number of carbonyl (C=O) groups excluding carboxylic acids is 1. The van der Waals surface area contributed by atoms with Crippen LogP contribution in [0.25, 0.3) is 40.0 Å². The van der Waals surface area contributed by atoms with Gasteiger partial charge in [-0.2, -0.15) is 0 Å². The number of carboxylic acid groups (broad SMARTS) is 2. The van der Waals surface area contributed by atoms with E-state index in [9.17, 15) is 19.5 Å². The summed E-state index contributed by atoms with van der Waals surface area (Å²) in [6.07, 6.45) is 15.1. The Balaban J connectivity index is 1.24. The number of aromatic amines is 1. The highest BCUT2D eigenvalue weighted by Gasteiger charge is 2.28. The van der Waals surface area contributed by atoms with Crippen LogP contribution in [0.4, 0.5) is 0 Å². The number of carboxylic acids is 2. The third kappa shape index (κ3) is 11.6. The first-order chi connectivity index (χ1) is 26.2. The Labute approximate surface area is 316 Å². The third-order valence-corrected chi connectivity index (χ3v) is 9.39. The molecule has 0 spiro atoms. The lowest BCUT2D eigenvalue weighted by Gasteiger charge is -2.12. The molecule has 2 unspecified atom stereocenters. The second kappa shape index (κ2) is 19.9. The minimum Gasteiger partial charge on any atom is -0.482 e. The summed E-state index contributed by atoms with van der Waals surface area (Å²) >= 11 is 0. The third-order valence-electron chi connectivity index (χ3n) is 9.39. The molecule has 3 aromatic carbocycles. The minimum atomic E-state index is -1.06. The van der Waals surface area contributed by atoms with Crippen molar-refractivity contribution in [1.82, 2.24) is 15.3 Å². The molecule has 54 heavy (non-hydrogen) atoms. The summed E-state index contributed by atoms with van der Waals surface area (Å²) < 4.78 is 5.32. The van der Waals surface area contributed by atoms with Crippen molar-refractivity contribution in [3.05, 3.63) is 90.0 Å². The summed E-state index contributed by atoms with van der Waals surface area (Å²) in [6.45, 7) is 3.86. The van der Waals surface area contributed by atoms with Gasteiger partial charge >= 0.3 is 11.9 Å². The van der Waals surface area contributed by atoms with Gasteiger partial charge in [0.05, 0.1) is 17.1 Å². The normalized spacial score (nSPS) is 14.4. The number of imidazole rings is 1. The number of amides is 1. The van der Waals surface area contributed by atoms with Crippen LogP contribution in [-0.4, -0.2) is 62.5 Å². The van der Waals surface area contributed by atoms with Crippen LogP contribution in [0.15, 0.2) is 84.0 Å². The summed E-state index contributed by atoms with van der Waals surface area (Å²) in [6, 6.07) is 22.5. The van der Waals surface area contributed by atoms with Crippen molar-refractivity contribution in [2.24, 2.45) is 5.16 Å². The molecule has 0 radical (unpaired) electrons. The Kier molecular flexibility index (Phi) is 14.6. The standard InChI is InChI=1S/C43H50N4O7/c1-3-4-5-6-7-8-9-10-11-12-29(2)44-38(48)26-15-30-13-16-32(17-14-30)40-41(33-22-24-35(25-23-33)53-28-39(49)50)46-42(45-40)34-20-18-31(19-21-34)36-27-37(43(51)52)54-47-36/h13-26,29,37H,3-12,27-28H2,1-2H3,(H,44,48)(H,45,46)(H,49,50)(H,51,52). The zero-order valence-corrected chi connectivity index (χ0v) is 31.1. The van der Waals surface area contributed by atoms with E-state index in [2.05, 4.69) is 29.3 Å². The van der Waals surface area contributed by atoms with E-state index in [0.717, 1.165) is 46.4 Å². The second-order valence-corrected chi connectivity index (χ2v) is 13.7. The molecule has 4 aromatic rings. The summed E-state index contributed by atoms with van der Waals surface area (Å²) in [7, 11) is 0. The van der Waals surface area contributed by atoms with Gasteiger partial charge in [0.15, 0.2) is 6.61 Å². The molecule has 0 saturated carbocycles. The zero-order chi connectivity index (χ0) is 38.3. The summed E-state index contributed by atoms with van der Waals surface area (Å²) in [5.41, 5.74) is 6.12. The number of aromatic nitrogens is 2. The number of carbonyl (C=O) groups is 3. The average Bonchev–Trinajstić information content (AvgIpc) is 3.86. The highest BCUT2D eigenvalue weighted by Crippen LogP contribution is 2.34. The molecule has 11 nitrogen and oxygen atoms in total. The van der Waals surface area contributed by atoms with Gasteiger partial charge in [-0.3, -0.25) is 4.79 Å². The van der Waals surface area contributed by atoms with Crippen LogP contribution in [0.5, 0.6) is 5.75 Å². The molecular weight excluding hydrogens is 684 g/mol. The Bertz CT molecular complexity index is 1900. The Morgan fingerprint density at radius 2 is 1.46 bits per heavy atom. The number of nitrogens with zero attached hydrogens (tertiary/aromatic N) is 2. The van der Waals surface area contributed by atoms with Gasteiger partial charge in [-0.15, -0.1) is 0 Å². The quantitative estimate of drug-likeness (QED) is 0.0487. The predicted molar refractivity (Wildman–Crippen MR) is 210 cm³/mol. The first-order valence-electron chi connectivity index (χ1n) is 18.9. The molecule has 2 atom stereocenters. The van der Waals surface area contributed by atoms with Crippen LogP contribution in [-0.2, 0) is 19.2 Å². The first kappa shape index (κ1) is 39.5. The first-order valence-corrected chi connectivity index (χ1v) is 18.9. The Hall–Kier alpha value is -5.71. The number of ether oxygens (including phenoxy) is 1.